The molecule has 7 nitrogen and oxygen atoms in total. The molecule has 8 heteroatoms. The molecule has 3 aromatic heterocycles. The predicted octanol–water partition coefficient (Wildman–Crippen LogP) is 0.556. The topological polar surface area (TPSA) is 96.4 Å². The lowest BCUT2D eigenvalue weighted by atomic mass is 10.5. The van der Waals surface area contributed by atoms with Crippen LogP contribution in [0.2, 0.25) is 0 Å². The first-order valence-corrected chi connectivity index (χ1v) is 6.20. The zero-order chi connectivity index (χ0) is 12.7. The Bertz CT molecular complexity index is 811. The average Bonchev–Trinajstić information content (AvgIpc) is 2.97. The summed E-state index contributed by atoms with van der Waals surface area (Å²) in [6.45, 7) is 2.26. The molecular formula is C10H9N5O2S. The molecule has 18 heavy (non-hydrogen) atoms. The number of nitrogens with one attached hydrogen (secondary N) is 2. The van der Waals surface area contributed by atoms with Crippen molar-refractivity contribution in [1.82, 2.24) is 24.5 Å². The number of hydrogen-bond donors (Lipinski definition) is 2. The maximum absolute atomic E-state index is 11.7. The molecule has 0 bridgehead atoms. The van der Waals surface area contributed by atoms with E-state index < -0.39 is 11.2 Å². The van der Waals surface area contributed by atoms with Crippen LogP contribution in [-0.4, -0.2) is 24.5 Å². The largest absolute Gasteiger partial charge is 0.331 e. The first-order valence-electron chi connectivity index (χ1n) is 5.32. The van der Waals surface area contributed by atoms with E-state index >= 15 is 0 Å². The molecule has 0 saturated carbocycles. The summed E-state index contributed by atoms with van der Waals surface area (Å²) >= 11 is 1.41. The smallest absolute Gasteiger partial charge is 0.330 e. The molecule has 0 amide bonds. The van der Waals surface area contributed by atoms with Crippen molar-refractivity contribution >= 4 is 22.5 Å². The first kappa shape index (κ1) is 10.9. The molecular weight excluding hydrogens is 254 g/mol. The van der Waals surface area contributed by atoms with Crippen LogP contribution in [0.5, 0.6) is 0 Å². The van der Waals surface area contributed by atoms with Crippen LogP contribution in [0.3, 0.4) is 0 Å². The van der Waals surface area contributed by atoms with Crippen LogP contribution in [0, 0.1) is 0 Å². The molecule has 3 heterocycles. The monoisotopic (exact) mass is 263 g/mol. The number of imidazole rings is 1. The second kappa shape index (κ2) is 3.91. The zero-order valence-electron chi connectivity index (χ0n) is 9.43. The fraction of sp³-hybridized carbons (Fsp3) is 0.200. The number of H-pyrrole nitrogens is 2. The highest BCUT2D eigenvalue weighted by Gasteiger charge is 2.13. The minimum atomic E-state index is -0.456. The molecule has 0 unspecified atom stereocenters. The predicted molar refractivity (Wildman–Crippen MR) is 67.8 cm³/mol. The van der Waals surface area contributed by atoms with Gasteiger partial charge in [-0.25, -0.2) is 9.78 Å². The lowest BCUT2D eigenvalue weighted by Crippen LogP contribution is -2.29. The Balaban J connectivity index is 2.39. The van der Waals surface area contributed by atoms with Crippen molar-refractivity contribution in [3.05, 3.63) is 32.5 Å². The fourth-order valence-corrected chi connectivity index (χ4v) is 2.35. The average molecular weight is 263 g/mol. The maximum Gasteiger partial charge on any atom is 0.330 e. The van der Waals surface area contributed by atoms with E-state index in [0.717, 1.165) is 4.88 Å². The fourth-order valence-electron chi connectivity index (χ4n) is 1.78. The van der Waals surface area contributed by atoms with Crippen LogP contribution in [0.4, 0.5) is 0 Å². The number of rotatable bonds is 2. The second-order valence-corrected chi connectivity index (χ2v) is 4.54. The van der Waals surface area contributed by atoms with E-state index in [1.807, 2.05) is 6.92 Å². The molecule has 0 aliphatic rings. The van der Waals surface area contributed by atoms with Gasteiger partial charge in [0.2, 0.25) is 0 Å². The maximum atomic E-state index is 11.7. The Morgan fingerprint density at radius 3 is 2.89 bits per heavy atom. The highest BCUT2D eigenvalue weighted by atomic mass is 32.1. The summed E-state index contributed by atoms with van der Waals surface area (Å²) in [5.41, 5.74) is 1.45. The van der Waals surface area contributed by atoms with Gasteiger partial charge in [-0.3, -0.25) is 19.3 Å². The van der Waals surface area contributed by atoms with E-state index in [-0.39, 0.29) is 0 Å². The summed E-state index contributed by atoms with van der Waals surface area (Å²) in [6.07, 6.45) is 1.66. The van der Waals surface area contributed by atoms with Gasteiger partial charge >= 0.3 is 5.69 Å². The molecule has 0 radical (unpaired) electrons. The van der Waals surface area contributed by atoms with Gasteiger partial charge < -0.3 is 4.98 Å². The molecule has 3 rings (SSSR count). The van der Waals surface area contributed by atoms with Crippen molar-refractivity contribution in [2.24, 2.45) is 0 Å². The molecule has 92 valence electrons. The van der Waals surface area contributed by atoms with Crippen LogP contribution in [0.15, 0.2) is 21.3 Å². The van der Waals surface area contributed by atoms with Crippen molar-refractivity contribution in [1.29, 1.82) is 0 Å². The second-order valence-electron chi connectivity index (χ2n) is 3.65. The summed E-state index contributed by atoms with van der Waals surface area (Å²) in [6, 6.07) is 0. The highest BCUT2D eigenvalue weighted by molar-refractivity contribution is 7.13. The third-order valence-electron chi connectivity index (χ3n) is 2.62. The number of nitrogens with zero attached hydrogens (tertiary/aromatic N) is 3. The Morgan fingerprint density at radius 2 is 2.22 bits per heavy atom. The van der Waals surface area contributed by atoms with Gasteiger partial charge in [-0.1, -0.05) is 0 Å². The lowest BCUT2D eigenvalue weighted by Gasteiger charge is -1.99. The number of aromatic amines is 2. The number of thiazole rings is 1. The van der Waals surface area contributed by atoms with E-state index in [0.29, 0.717) is 23.5 Å². The number of hydrogen-bond acceptors (Lipinski definition) is 5. The van der Waals surface area contributed by atoms with Gasteiger partial charge in [-0.15, -0.1) is 11.3 Å². The molecule has 0 aliphatic heterocycles. The zero-order valence-corrected chi connectivity index (χ0v) is 10.2. The van der Waals surface area contributed by atoms with Gasteiger partial charge in [0.1, 0.15) is 5.52 Å². The Morgan fingerprint density at radius 1 is 1.39 bits per heavy atom. The van der Waals surface area contributed by atoms with Crippen molar-refractivity contribution in [3.8, 4) is 10.7 Å². The molecule has 0 fully saturated rings. The van der Waals surface area contributed by atoms with Gasteiger partial charge in [-0.2, -0.15) is 0 Å². The SMILES string of the molecule is CCn1c(=O)[nH]c(=O)c2[nH]c(-c3cncs3)nc21. The van der Waals surface area contributed by atoms with Crippen LogP contribution in [-0.2, 0) is 6.54 Å². The Kier molecular flexibility index (Phi) is 2.37. The third-order valence-corrected chi connectivity index (χ3v) is 3.39. The van der Waals surface area contributed by atoms with Gasteiger partial charge in [-0.05, 0) is 6.92 Å². The van der Waals surface area contributed by atoms with E-state index in [2.05, 4.69) is 19.9 Å². The van der Waals surface area contributed by atoms with Crippen molar-refractivity contribution in [2.45, 2.75) is 13.5 Å². The highest BCUT2D eigenvalue weighted by Crippen LogP contribution is 2.21. The van der Waals surface area contributed by atoms with Gasteiger partial charge in [0.05, 0.1) is 10.4 Å². The molecule has 0 aliphatic carbocycles. The van der Waals surface area contributed by atoms with E-state index in [1.165, 1.54) is 15.9 Å². The molecule has 0 atom stereocenters. The summed E-state index contributed by atoms with van der Waals surface area (Å²) in [5, 5.41) is 0. The number of aryl methyl sites for hydroxylation is 1. The van der Waals surface area contributed by atoms with Crippen LogP contribution in [0.25, 0.3) is 21.9 Å². The Hall–Kier alpha value is -2.22. The van der Waals surface area contributed by atoms with Crippen molar-refractivity contribution in [2.75, 3.05) is 0 Å². The number of fused-ring (bicyclic) bond motifs is 1. The minimum absolute atomic E-state index is 0.305. The first-order chi connectivity index (χ1) is 8.70. The van der Waals surface area contributed by atoms with E-state index in [1.54, 1.807) is 11.7 Å². The van der Waals surface area contributed by atoms with Gasteiger partial charge in [0, 0.05) is 12.7 Å². The third kappa shape index (κ3) is 1.50. The quantitative estimate of drug-likeness (QED) is 0.706. The van der Waals surface area contributed by atoms with Crippen LogP contribution in [0.1, 0.15) is 6.92 Å². The normalized spacial score (nSPS) is 11.2. The summed E-state index contributed by atoms with van der Waals surface area (Å²) in [7, 11) is 0. The molecule has 2 N–H and O–H groups in total. The van der Waals surface area contributed by atoms with Crippen LogP contribution >= 0.6 is 11.3 Å². The van der Waals surface area contributed by atoms with E-state index in [9.17, 15) is 9.59 Å². The lowest BCUT2D eigenvalue weighted by molar-refractivity contribution is 0.720. The minimum Gasteiger partial charge on any atom is -0.331 e. The summed E-state index contributed by atoms with van der Waals surface area (Å²) in [4.78, 5) is 37.6. The summed E-state index contributed by atoms with van der Waals surface area (Å²) in [5.74, 6) is 0.547. The Labute approximate surface area is 104 Å². The van der Waals surface area contributed by atoms with E-state index in [4.69, 9.17) is 0 Å². The van der Waals surface area contributed by atoms with Gasteiger partial charge in [0.15, 0.2) is 11.5 Å². The van der Waals surface area contributed by atoms with Gasteiger partial charge in [0.25, 0.3) is 5.56 Å². The molecule has 3 aromatic rings. The molecule has 0 aromatic carbocycles. The molecule has 0 spiro atoms. The number of aromatic nitrogens is 5. The van der Waals surface area contributed by atoms with Crippen molar-refractivity contribution < 1.29 is 0 Å². The standard InChI is InChI=1S/C10H9N5O2S/c1-2-15-8-6(9(16)14-10(15)17)12-7(13-8)5-3-11-4-18-5/h3-4H,2H2,1H3,(H,12,13)(H,14,16,17). The molecule has 0 saturated heterocycles. The summed E-state index contributed by atoms with van der Waals surface area (Å²) < 4.78 is 1.41. The van der Waals surface area contributed by atoms with Crippen molar-refractivity contribution in [3.63, 3.8) is 0 Å². The van der Waals surface area contributed by atoms with Crippen LogP contribution < -0.4 is 11.2 Å².